The van der Waals surface area contributed by atoms with E-state index in [-0.39, 0.29) is 12.5 Å². The van der Waals surface area contributed by atoms with Gasteiger partial charge in [0.25, 0.3) is 0 Å². The molecular weight excluding hydrogens is 352 g/mol. The van der Waals surface area contributed by atoms with Crippen molar-refractivity contribution in [2.24, 2.45) is 0 Å². The van der Waals surface area contributed by atoms with Crippen molar-refractivity contribution in [2.45, 2.75) is 76.2 Å². The van der Waals surface area contributed by atoms with Gasteiger partial charge < -0.3 is 14.4 Å². The van der Waals surface area contributed by atoms with E-state index < -0.39 is 5.92 Å². The number of halogens is 2. The number of rotatable bonds is 5. The second kappa shape index (κ2) is 5.80. The standard InChI is InChI=1S/C20H25F2N3O2/c1-11-15-6-12(4-5-20(2,21)22)10-24(15)19(23-18(11)26-3)25-13-7-14-9-16(25)17(8-13)27-14/h6,10,13-14,16-17H,4-5,7-9H2,1-3H3/t13-,14?,16?,17?/m1/s1. The van der Waals surface area contributed by atoms with Gasteiger partial charge in [-0.25, -0.2) is 8.78 Å². The van der Waals surface area contributed by atoms with Gasteiger partial charge in [0, 0.05) is 24.2 Å². The molecule has 4 aliphatic rings. The van der Waals surface area contributed by atoms with Gasteiger partial charge in [0.15, 0.2) is 0 Å². The van der Waals surface area contributed by atoms with Crippen LogP contribution in [0.3, 0.4) is 0 Å². The van der Waals surface area contributed by atoms with E-state index in [1.807, 2.05) is 19.2 Å². The lowest BCUT2D eigenvalue weighted by atomic mass is 10.0. The highest BCUT2D eigenvalue weighted by Gasteiger charge is 2.55. The molecule has 7 heteroatoms. The maximum atomic E-state index is 13.3. The molecule has 0 spiro atoms. The van der Waals surface area contributed by atoms with Crippen LogP contribution in [0.2, 0.25) is 0 Å². The zero-order chi connectivity index (χ0) is 18.9. The van der Waals surface area contributed by atoms with Gasteiger partial charge in [0.1, 0.15) is 0 Å². The van der Waals surface area contributed by atoms with Gasteiger partial charge in [-0.15, -0.1) is 0 Å². The molecule has 0 saturated carbocycles. The highest BCUT2D eigenvalue weighted by atomic mass is 19.3. The van der Waals surface area contributed by atoms with Crippen LogP contribution in [0.15, 0.2) is 12.3 Å². The Hall–Kier alpha value is -1.89. The van der Waals surface area contributed by atoms with E-state index in [4.69, 9.17) is 14.5 Å². The van der Waals surface area contributed by atoms with Crippen LogP contribution in [-0.4, -0.2) is 46.7 Å². The van der Waals surface area contributed by atoms with Crippen molar-refractivity contribution in [3.63, 3.8) is 0 Å². The lowest BCUT2D eigenvalue weighted by molar-refractivity contribution is 0.0121. The third-order valence-corrected chi connectivity index (χ3v) is 6.37. The molecule has 2 aromatic rings. The molecule has 6 heterocycles. The van der Waals surface area contributed by atoms with Crippen molar-refractivity contribution in [3.05, 3.63) is 23.4 Å². The number of ether oxygens (including phenoxy) is 2. The van der Waals surface area contributed by atoms with Crippen molar-refractivity contribution >= 4 is 11.5 Å². The summed E-state index contributed by atoms with van der Waals surface area (Å²) in [6, 6.07) is 2.78. The zero-order valence-electron chi connectivity index (χ0n) is 15.9. The summed E-state index contributed by atoms with van der Waals surface area (Å²) in [5.41, 5.74) is 2.81. The van der Waals surface area contributed by atoms with Crippen molar-refractivity contribution in [2.75, 3.05) is 12.0 Å². The number of alkyl halides is 2. The van der Waals surface area contributed by atoms with Crippen LogP contribution in [-0.2, 0) is 11.2 Å². The van der Waals surface area contributed by atoms with E-state index in [0.29, 0.717) is 30.5 Å². The van der Waals surface area contributed by atoms with Gasteiger partial charge in [0.2, 0.25) is 17.8 Å². The lowest BCUT2D eigenvalue weighted by Gasteiger charge is -2.36. The van der Waals surface area contributed by atoms with Crippen LogP contribution in [0, 0.1) is 6.92 Å². The molecule has 4 saturated heterocycles. The molecule has 2 aromatic heterocycles. The first-order valence-electron chi connectivity index (χ1n) is 9.71. The lowest BCUT2D eigenvalue weighted by Crippen LogP contribution is -2.44. The second-order valence-corrected chi connectivity index (χ2v) is 8.35. The van der Waals surface area contributed by atoms with Crippen molar-refractivity contribution in [1.29, 1.82) is 0 Å². The largest absolute Gasteiger partial charge is 0.481 e. The van der Waals surface area contributed by atoms with Gasteiger partial charge in [-0.1, -0.05) is 0 Å². The summed E-state index contributed by atoms with van der Waals surface area (Å²) >= 11 is 0. The number of anilines is 1. The van der Waals surface area contributed by atoms with Gasteiger partial charge in [-0.05, 0) is 51.2 Å². The van der Waals surface area contributed by atoms with Gasteiger partial charge in [0.05, 0.1) is 30.9 Å². The molecule has 4 bridgehead atoms. The maximum absolute atomic E-state index is 13.3. The maximum Gasteiger partial charge on any atom is 0.245 e. The number of hydrogen-bond donors (Lipinski definition) is 0. The molecule has 0 aliphatic carbocycles. The zero-order valence-corrected chi connectivity index (χ0v) is 15.9. The predicted octanol–water partition coefficient (Wildman–Crippen LogP) is 3.75. The Labute approximate surface area is 157 Å². The molecule has 4 fully saturated rings. The van der Waals surface area contributed by atoms with Crippen LogP contribution in [0.4, 0.5) is 14.7 Å². The number of methoxy groups -OCH3 is 1. The highest BCUT2D eigenvalue weighted by molar-refractivity contribution is 5.65. The summed E-state index contributed by atoms with van der Waals surface area (Å²) in [5, 5.41) is 0. The summed E-state index contributed by atoms with van der Waals surface area (Å²) in [7, 11) is 1.63. The van der Waals surface area contributed by atoms with Crippen molar-refractivity contribution < 1.29 is 18.3 Å². The molecule has 0 N–H and O–H groups in total. The number of aromatic nitrogens is 2. The van der Waals surface area contributed by atoms with Crippen LogP contribution < -0.4 is 9.64 Å². The summed E-state index contributed by atoms with van der Waals surface area (Å²) in [6.45, 7) is 2.94. The van der Waals surface area contributed by atoms with Crippen LogP contribution in [0.5, 0.6) is 5.88 Å². The number of fused-ring (bicyclic) bond motifs is 1. The number of hydrogen-bond acceptors (Lipinski definition) is 4. The fourth-order valence-corrected chi connectivity index (χ4v) is 5.14. The van der Waals surface area contributed by atoms with Gasteiger partial charge >= 0.3 is 0 Å². The van der Waals surface area contributed by atoms with Crippen molar-refractivity contribution in [3.8, 4) is 5.88 Å². The Morgan fingerprint density at radius 2 is 2.15 bits per heavy atom. The Balaban J connectivity index is 1.59. The first-order chi connectivity index (χ1) is 12.8. The van der Waals surface area contributed by atoms with Crippen LogP contribution in [0.25, 0.3) is 5.52 Å². The predicted molar refractivity (Wildman–Crippen MR) is 98.0 cm³/mol. The van der Waals surface area contributed by atoms with Gasteiger partial charge in [-0.2, -0.15) is 4.98 Å². The molecular formula is C20H25F2N3O2. The summed E-state index contributed by atoms with van der Waals surface area (Å²) in [5.74, 6) is -1.21. The third-order valence-electron chi connectivity index (χ3n) is 6.37. The van der Waals surface area contributed by atoms with E-state index >= 15 is 0 Å². The van der Waals surface area contributed by atoms with Gasteiger partial charge in [-0.3, -0.25) is 4.40 Å². The fraction of sp³-hybridized carbons (Fsp3) is 0.650. The number of aryl methyl sites for hydroxylation is 2. The van der Waals surface area contributed by atoms with E-state index in [0.717, 1.165) is 48.8 Å². The first-order valence-corrected chi connectivity index (χ1v) is 9.71. The highest BCUT2D eigenvalue weighted by Crippen LogP contribution is 2.47. The topological polar surface area (TPSA) is 39.0 Å². The molecule has 4 aliphatic heterocycles. The molecule has 0 radical (unpaired) electrons. The molecule has 5 nitrogen and oxygen atoms in total. The Bertz CT molecular complexity index is 887. The Morgan fingerprint density at radius 3 is 2.85 bits per heavy atom. The average molecular weight is 377 g/mol. The molecule has 4 atom stereocenters. The smallest absolute Gasteiger partial charge is 0.245 e. The number of nitrogens with zero attached hydrogens (tertiary/aromatic N) is 3. The molecule has 0 aromatic carbocycles. The van der Waals surface area contributed by atoms with E-state index in [1.54, 1.807) is 7.11 Å². The normalized spacial score (nSPS) is 29.3. The first kappa shape index (κ1) is 17.2. The molecule has 146 valence electrons. The quantitative estimate of drug-likeness (QED) is 0.796. The minimum absolute atomic E-state index is 0.157. The second-order valence-electron chi connectivity index (χ2n) is 8.35. The molecule has 0 amide bonds. The van der Waals surface area contributed by atoms with E-state index in [1.165, 1.54) is 0 Å². The summed E-state index contributed by atoms with van der Waals surface area (Å²) in [6.07, 6.45) is 5.92. The monoisotopic (exact) mass is 377 g/mol. The Kier molecular flexibility index (Phi) is 3.70. The van der Waals surface area contributed by atoms with E-state index in [2.05, 4.69) is 9.30 Å². The molecule has 27 heavy (non-hydrogen) atoms. The summed E-state index contributed by atoms with van der Waals surface area (Å²) in [4.78, 5) is 7.21. The number of piperidine rings is 1. The van der Waals surface area contributed by atoms with Crippen LogP contribution in [0.1, 0.15) is 43.7 Å². The minimum atomic E-state index is -2.66. The summed E-state index contributed by atoms with van der Waals surface area (Å²) < 4.78 is 40.3. The molecule has 6 rings (SSSR count). The third kappa shape index (κ3) is 2.70. The SMILES string of the molecule is COc1nc(N2C3CC4C[C@@H]2CC3O4)n2cc(CCC(C)(F)F)cc2c1C. The van der Waals surface area contributed by atoms with Crippen LogP contribution >= 0.6 is 0 Å². The van der Waals surface area contributed by atoms with Crippen molar-refractivity contribution in [1.82, 2.24) is 9.38 Å². The fourth-order valence-electron chi connectivity index (χ4n) is 5.14. The molecule has 3 unspecified atom stereocenters. The van der Waals surface area contributed by atoms with E-state index in [9.17, 15) is 8.78 Å². The Morgan fingerprint density at radius 1 is 1.33 bits per heavy atom. The minimum Gasteiger partial charge on any atom is -0.481 e. The average Bonchev–Trinajstić information content (AvgIpc) is 3.23.